The van der Waals surface area contributed by atoms with Gasteiger partial charge in [-0.1, -0.05) is 60.1 Å². The lowest BCUT2D eigenvalue weighted by Crippen LogP contribution is -2.17. The molecule has 0 spiro atoms. The molecule has 0 unspecified atom stereocenters. The van der Waals surface area contributed by atoms with Gasteiger partial charge in [0.1, 0.15) is 4.88 Å². The number of rotatable bonds is 4. The zero-order chi connectivity index (χ0) is 19.5. The second-order valence-electron chi connectivity index (χ2n) is 6.06. The van der Waals surface area contributed by atoms with E-state index in [-0.39, 0.29) is 11.8 Å². The number of anilines is 2. The zero-order valence-corrected chi connectivity index (χ0v) is 16.2. The number of hydrogen-bond acceptors (Lipinski definition) is 3. The average Bonchev–Trinajstić information content (AvgIpc) is 3.06. The first-order valence-electron chi connectivity index (χ1n) is 8.57. The van der Waals surface area contributed by atoms with E-state index in [0.717, 1.165) is 10.1 Å². The lowest BCUT2D eigenvalue weighted by molar-refractivity contribution is 0.102. The van der Waals surface area contributed by atoms with Crippen LogP contribution in [0.2, 0.25) is 5.02 Å². The number of nitrogens with one attached hydrogen (secondary N) is 2. The zero-order valence-electron chi connectivity index (χ0n) is 14.6. The molecule has 0 atom stereocenters. The van der Waals surface area contributed by atoms with Crippen LogP contribution >= 0.6 is 22.9 Å². The van der Waals surface area contributed by atoms with Crippen LogP contribution in [0.15, 0.2) is 78.9 Å². The Hall–Kier alpha value is -3.15. The van der Waals surface area contributed by atoms with Gasteiger partial charge in [-0.2, -0.15) is 0 Å². The Kier molecular flexibility index (Phi) is 5.10. The quantitative estimate of drug-likeness (QED) is 0.432. The highest BCUT2D eigenvalue weighted by molar-refractivity contribution is 7.21. The number of fused-ring (bicyclic) bond motifs is 1. The van der Waals surface area contributed by atoms with Crippen LogP contribution in [-0.4, -0.2) is 11.8 Å². The van der Waals surface area contributed by atoms with Crippen molar-refractivity contribution in [2.45, 2.75) is 0 Å². The topological polar surface area (TPSA) is 58.2 Å². The molecule has 3 aromatic carbocycles. The number of halogens is 1. The number of thiophene rings is 1. The van der Waals surface area contributed by atoms with Crippen molar-refractivity contribution < 1.29 is 9.59 Å². The minimum atomic E-state index is -0.342. The van der Waals surface area contributed by atoms with Gasteiger partial charge < -0.3 is 10.6 Å². The minimum Gasteiger partial charge on any atom is -0.322 e. The molecule has 0 aliphatic carbocycles. The fourth-order valence-electron chi connectivity index (χ4n) is 2.85. The van der Waals surface area contributed by atoms with Crippen LogP contribution in [0.1, 0.15) is 20.0 Å². The maximum absolute atomic E-state index is 12.8. The predicted molar refractivity (Wildman–Crippen MR) is 116 cm³/mol. The number of benzene rings is 3. The monoisotopic (exact) mass is 406 g/mol. The largest absolute Gasteiger partial charge is 0.322 e. The number of carbonyl (C=O) groups excluding carboxylic acids is 2. The third-order valence-corrected chi connectivity index (χ3v) is 5.87. The molecule has 4 rings (SSSR count). The highest BCUT2D eigenvalue weighted by Gasteiger charge is 2.19. The normalized spacial score (nSPS) is 10.6. The van der Waals surface area contributed by atoms with Crippen LogP contribution < -0.4 is 10.6 Å². The summed E-state index contributed by atoms with van der Waals surface area (Å²) in [5.41, 5.74) is 1.48. The Bertz CT molecular complexity index is 1170. The smallest absolute Gasteiger partial charge is 0.267 e. The first kappa shape index (κ1) is 18.2. The maximum atomic E-state index is 12.8. The summed E-state index contributed by atoms with van der Waals surface area (Å²) in [5.74, 6) is -0.643. The maximum Gasteiger partial charge on any atom is 0.267 e. The van der Waals surface area contributed by atoms with Crippen LogP contribution in [0, 0.1) is 0 Å². The molecule has 0 saturated heterocycles. The summed E-state index contributed by atoms with van der Waals surface area (Å²) in [5, 5.41) is 6.92. The van der Waals surface area contributed by atoms with Crippen molar-refractivity contribution in [2.24, 2.45) is 0 Å². The third kappa shape index (κ3) is 3.63. The summed E-state index contributed by atoms with van der Waals surface area (Å²) in [6.07, 6.45) is 0. The van der Waals surface area contributed by atoms with E-state index in [2.05, 4.69) is 10.6 Å². The highest BCUT2D eigenvalue weighted by Crippen LogP contribution is 2.35. The second-order valence-corrected chi connectivity index (χ2v) is 7.49. The van der Waals surface area contributed by atoms with Crippen LogP contribution in [-0.2, 0) is 0 Å². The first-order chi connectivity index (χ1) is 13.6. The Morgan fingerprint density at radius 3 is 2.21 bits per heavy atom. The van der Waals surface area contributed by atoms with E-state index in [0.29, 0.717) is 26.8 Å². The molecule has 4 aromatic rings. The summed E-state index contributed by atoms with van der Waals surface area (Å²) in [7, 11) is 0. The molecular weight excluding hydrogens is 392 g/mol. The summed E-state index contributed by atoms with van der Waals surface area (Å²) >= 11 is 7.72. The second kappa shape index (κ2) is 7.84. The minimum absolute atomic E-state index is 0.301. The van der Waals surface area contributed by atoms with E-state index in [1.807, 2.05) is 42.5 Å². The van der Waals surface area contributed by atoms with Gasteiger partial charge in [0.05, 0.1) is 16.3 Å². The van der Waals surface area contributed by atoms with Gasteiger partial charge >= 0.3 is 0 Å². The molecule has 6 heteroatoms. The van der Waals surface area contributed by atoms with Crippen molar-refractivity contribution in [1.29, 1.82) is 0 Å². The van der Waals surface area contributed by atoms with Crippen molar-refractivity contribution in [1.82, 2.24) is 0 Å². The Morgan fingerprint density at radius 1 is 0.750 bits per heavy atom. The molecule has 0 saturated carbocycles. The summed E-state index contributed by atoms with van der Waals surface area (Å²) in [4.78, 5) is 25.9. The molecule has 0 fully saturated rings. The van der Waals surface area contributed by atoms with Gasteiger partial charge in [-0.3, -0.25) is 9.59 Å². The number of carbonyl (C=O) groups is 2. The van der Waals surface area contributed by atoms with E-state index in [9.17, 15) is 9.59 Å². The van der Waals surface area contributed by atoms with Gasteiger partial charge in [-0.15, -0.1) is 11.3 Å². The SMILES string of the molecule is O=C(Nc1ccccc1)c1ccccc1NC(=O)c1sc2ccccc2c1Cl. The molecule has 0 bridgehead atoms. The fourth-order valence-corrected chi connectivity index (χ4v) is 4.26. The van der Waals surface area contributed by atoms with Gasteiger partial charge in [0.2, 0.25) is 0 Å². The van der Waals surface area contributed by atoms with Gasteiger partial charge in [0.15, 0.2) is 0 Å². The Balaban J connectivity index is 1.60. The van der Waals surface area contributed by atoms with Crippen molar-refractivity contribution in [3.63, 3.8) is 0 Å². The van der Waals surface area contributed by atoms with E-state index in [4.69, 9.17) is 11.6 Å². The van der Waals surface area contributed by atoms with Gasteiger partial charge in [0, 0.05) is 15.8 Å². The fraction of sp³-hybridized carbons (Fsp3) is 0. The van der Waals surface area contributed by atoms with E-state index in [1.165, 1.54) is 11.3 Å². The summed E-state index contributed by atoms with van der Waals surface area (Å²) < 4.78 is 0.938. The van der Waals surface area contributed by atoms with E-state index in [1.54, 1.807) is 36.4 Å². The van der Waals surface area contributed by atoms with Crippen molar-refractivity contribution in [3.8, 4) is 0 Å². The lowest BCUT2D eigenvalue weighted by atomic mass is 10.1. The van der Waals surface area contributed by atoms with Crippen molar-refractivity contribution in [2.75, 3.05) is 10.6 Å². The van der Waals surface area contributed by atoms with Crippen LogP contribution in [0.5, 0.6) is 0 Å². The molecule has 1 heterocycles. The molecule has 138 valence electrons. The standard InChI is InChI=1S/C22H15ClN2O2S/c23-19-16-11-5-7-13-18(16)28-20(19)22(27)25-17-12-6-4-10-15(17)21(26)24-14-8-2-1-3-9-14/h1-13H,(H,24,26)(H,25,27). The number of hydrogen-bond donors (Lipinski definition) is 2. The third-order valence-electron chi connectivity index (χ3n) is 4.19. The van der Waals surface area contributed by atoms with Crippen LogP contribution in [0.25, 0.3) is 10.1 Å². The molecule has 2 amide bonds. The number of amides is 2. The van der Waals surface area contributed by atoms with Crippen LogP contribution in [0.4, 0.5) is 11.4 Å². The summed E-state index contributed by atoms with van der Waals surface area (Å²) in [6.45, 7) is 0. The molecule has 1 aromatic heterocycles. The average molecular weight is 407 g/mol. The molecule has 28 heavy (non-hydrogen) atoms. The van der Waals surface area contributed by atoms with Gasteiger partial charge in [-0.25, -0.2) is 0 Å². The molecule has 4 nitrogen and oxygen atoms in total. The van der Waals surface area contributed by atoms with Gasteiger partial charge in [-0.05, 0) is 30.3 Å². The van der Waals surface area contributed by atoms with E-state index >= 15 is 0 Å². The molecular formula is C22H15ClN2O2S. The Morgan fingerprint density at radius 2 is 1.43 bits per heavy atom. The van der Waals surface area contributed by atoms with Crippen molar-refractivity contribution in [3.05, 3.63) is 94.3 Å². The molecule has 2 N–H and O–H groups in total. The predicted octanol–water partition coefficient (Wildman–Crippen LogP) is 6.06. The number of para-hydroxylation sites is 2. The molecule has 0 aliphatic heterocycles. The Labute approximate surface area is 170 Å². The van der Waals surface area contributed by atoms with E-state index < -0.39 is 0 Å². The summed E-state index contributed by atoms with van der Waals surface area (Å²) in [6, 6.07) is 23.6. The van der Waals surface area contributed by atoms with Gasteiger partial charge in [0.25, 0.3) is 11.8 Å². The van der Waals surface area contributed by atoms with Crippen molar-refractivity contribution >= 4 is 56.2 Å². The lowest BCUT2D eigenvalue weighted by Gasteiger charge is -2.11. The van der Waals surface area contributed by atoms with Crippen LogP contribution in [0.3, 0.4) is 0 Å². The molecule has 0 aliphatic rings. The highest BCUT2D eigenvalue weighted by atomic mass is 35.5. The first-order valence-corrected chi connectivity index (χ1v) is 9.77. The molecule has 0 radical (unpaired) electrons.